The van der Waals surface area contributed by atoms with E-state index < -0.39 is 4.92 Å². The van der Waals surface area contributed by atoms with Gasteiger partial charge in [0.25, 0.3) is 6.20 Å². The fraction of sp³-hybridized carbons (Fsp3) is 0.714. The number of hydrogen-bond donors (Lipinski definition) is 1. The third-order valence-electron chi connectivity index (χ3n) is 1.89. The Morgan fingerprint density at radius 1 is 1.75 bits per heavy atom. The Hall–Kier alpha value is -1.10. The number of aliphatic hydroxyl groups is 1. The van der Waals surface area contributed by atoms with E-state index in [-0.39, 0.29) is 6.61 Å². The maximum atomic E-state index is 10.1. The standard InChI is InChI=1S/C7H12N2O3/c10-5-4-8-3-1-2-7(8)6-9(11)12/h6,10H,1-5H2. The van der Waals surface area contributed by atoms with Gasteiger partial charge >= 0.3 is 0 Å². The molecule has 0 radical (unpaired) electrons. The van der Waals surface area contributed by atoms with Crippen LogP contribution in [0.4, 0.5) is 0 Å². The first kappa shape index (κ1) is 8.99. The average Bonchev–Trinajstić information content (AvgIpc) is 2.37. The second-order valence-corrected chi connectivity index (χ2v) is 2.72. The van der Waals surface area contributed by atoms with Crippen molar-refractivity contribution in [3.05, 3.63) is 22.0 Å². The van der Waals surface area contributed by atoms with Gasteiger partial charge in [0, 0.05) is 13.1 Å². The van der Waals surface area contributed by atoms with Crippen molar-refractivity contribution in [2.24, 2.45) is 0 Å². The zero-order valence-corrected chi connectivity index (χ0v) is 6.77. The van der Waals surface area contributed by atoms with Crippen LogP contribution in [0.15, 0.2) is 11.9 Å². The summed E-state index contributed by atoms with van der Waals surface area (Å²) >= 11 is 0. The van der Waals surface area contributed by atoms with E-state index in [4.69, 9.17) is 5.11 Å². The molecule has 1 saturated heterocycles. The van der Waals surface area contributed by atoms with E-state index in [0.717, 1.165) is 31.3 Å². The molecule has 0 spiro atoms. The van der Waals surface area contributed by atoms with Gasteiger partial charge < -0.3 is 10.0 Å². The lowest BCUT2D eigenvalue weighted by Crippen LogP contribution is -2.22. The molecule has 1 aliphatic rings. The highest BCUT2D eigenvalue weighted by Gasteiger charge is 2.18. The number of nitro groups is 1. The van der Waals surface area contributed by atoms with Gasteiger partial charge in [-0.05, 0) is 12.8 Å². The first-order valence-corrected chi connectivity index (χ1v) is 3.94. The topological polar surface area (TPSA) is 66.6 Å². The number of allylic oxidation sites excluding steroid dienone is 1. The van der Waals surface area contributed by atoms with E-state index >= 15 is 0 Å². The Kier molecular flexibility index (Phi) is 3.04. The largest absolute Gasteiger partial charge is 0.395 e. The number of rotatable bonds is 3. The van der Waals surface area contributed by atoms with Crippen molar-refractivity contribution in [3.8, 4) is 0 Å². The summed E-state index contributed by atoms with van der Waals surface area (Å²) in [6.07, 6.45) is 2.73. The SMILES string of the molecule is O=[N+]([O-])C=C1CCCN1CCO. The molecule has 68 valence electrons. The number of nitrogens with zero attached hydrogens (tertiary/aromatic N) is 2. The monoisotopic (exact) mass is 172 g/mol. The van der Waals surface area contributed by atoms with Crippen LogP contribution in [0.2, 0.25) is 0 Å². The quantitative estimate of drug-likeness (QED) is 0.487. The van der Waals surface area contributed by atoms with Gasteiger partial charge in [-0.3, -0.25) is 10.1 Å². The van der Waals surface area contributed by atoms with E-state index in [1.807, 2.05) is 4.90 Å². The Morgan fingerprint density at radius 2 is 2.50 bits per heavy atom. The van der Waals surface area contributed by atoms with Gasteiger partial charge in [0.15, 0.2) is 0 Å². The van der Waals surface area contributed by atoms with Crippen LogP contribution in [0.25, 0.3) is 0 Å². The van der Waals surface area contributed by atoms with Crippen molar-refractivity contribution < 1.29 is 10.0 Å². The molecule has 0 atom stereocenters. The molecule has 5 heteroatoms. The molecule has 0 bridgehead atoms. The third kappa shape index (κ3) is 2.20. The molecular formula is C7H12N2O3. The highest BCUT2D eigenvalue weighted by Crippen LogP contribution is 2.19. The summed E-state index contributed by atoms with van der Waals surface area (Å²) in [5, 5.41) is 18.8. The second-order valence-electron chi connectivity index (χ2n) is 2.72. The first-order valence-electron chi connectivity index (χ1n) is 3.94. The Bertz CT molecular complexity index is 203. The van der Waals surface area contributed by atoms with Crippen molar-refractivity contribution in [2.45, 2.75) is 12.8 Å². The minimum absolute atomic E-state index is 0.0506. The van der Waals surface area contributed by atoms with Gasteiger partial charge in [0.2, 0.25) is 0 Å². The Morgan fingerprint density at radius 3 is 3.08 bits per heavy atom. The fourth-order valence-electron chi connectivity index (χ4n) is 1.40. The van der Waals surface area contributed by atoms with Gasteiger partial charge in [-0.1, -0.05) is 0 Å². The van der Waals surface area contributed by atoms with E-state index in [1.54, 1.807) is 0 Å². The molecule has 0 aromatic heterocycles. The maximum absolute atomic E-state index is 10.1. The van der Waals surface area contributed by atoms with E-state index in [1.165, 1.54) is 0 Å². The van der Waals surface area contributed by atoms with E-state index in [9.17, 15) is 10.1 Å². The molecule has 1 rings (SSSR count). The van der Waals surface area contributed by atoms with Crippen LogP contribution in [0.1, 0.15) is 12.8 Å². The van der Waals surface area contributed by atoms with E-state index in [0.29, 0.717) is 6.54 Å². The number of β-amino-alcohol motifs (C(OH)–C–C–N with tert-alkyl or cyclic N) is 1. The van der Waals surface area contributed by atoms with Crippen LogP contribution in [-0.2, 0) is 0 Å². The summed E-state index contributed by atoms with van der Waals surface area (Å²) in [6, 6.07) is 0. The number of likely N-dealkylation sites (tertiary alicyclic amines) is 1. The summed E-state index contributed by atoms with van der Waals surface area (Å²) in [7, 11) is 0. The number of aliphatic hydroxyl groups excluding tert-OH is 1. The van der Waals surface area contributed by atoms with Gasteiger partial charge in [0.05, 0.1) is 17.2 Å². The smallest absolute Gasteiger partial charge is 0.253 e. The van der Waals surface area contributed by atoms with E-state index in [2.05, 4.69) is 0 Å². The van der Waals surface area contributed by atoms with Crippen LogP contribution < -0.4 is 0 Å². The average molecular weight is 172 g/mol. The van der Waals surface area contributed by atoms with Gasteiger partial charge in [-0.15, -0.1) is 0 Å². The van der Waals surface area contributed by atoms with Gasteiger partial charge in [0.1, 0.15) is 0 Å². The van der Waals surface area contributed by atoms with Crippen molar-refractivity contribution >= 4 is 0 Å². The molecule has 5 nitrogen and oxygen atoms in total. The molecule has 0 aliphatic carbocycles. The molecule has 0 unspecified atom stereocenters. The summed E-state index contributed by atoms with van der Waals surface area (Å²) < 4.78 is 0. The zero-order valence-electron chi connectivity index (χ0n) is 6.77. The molecule has 1 fully saturated rings. The van der Waals surface area contributed by atoms with Crippen molar-refractivity contribution in [3.63, 3.8) is 0 Å². The lowest BCUT2D eigenvalue weighted by atomic mass is 10.3. The van der Waals surface area contributed by atoms with Gasteiger partial charge in [-0.2, -0.15) is 0 Å². The maximum Gasteiger partial charge on any atom is 0.253 e. The molecule has 12 heavy (non-hydrogen) atoms. The fourth-order valence-corrected chi connectivity index (χ4v) is 1.40. The van der Waals surface area contributed by atoms with Crippen molar-refractivity contribution in [1.29, 1.82) is 0 Å². The summed E-state index contributed by atoms with van der Waals surface area (Å²) in [4.78, 5) is 11.6. The Balaban J connectivity index is 2.57. The molecule has 0 aromatic rings. The molecule has 0 saturated carbocycles. The summed E-state index contributed by atoms with van der Waals surface area (Å²) in [5.74, 6) is 0. The lowest BCUT2D eigenvalue weighted by molar-refractivity contribution is -0.404. The minimum Gasteiger partial charge on any atom is -0.395 e. The predicted octanol–water partition coefficient (Wildman–Crippen LogP) is 0.193. The van der Waals surface area contributed by atoms with Crippen LogP contribution in [0.3, 0.4) is 0 Å². The first-order chi connectivity index (χ1) is 5.74. The van der Waals surface area contributed by atoms with Crippen molar-refractivity contribution in [2.75, 3.05) is 19.7 Å². The van der Waals surface area contributed by atoms with Gasteiger partial charge in [-0.25, -0.2) is 0 Å². The second kappa shape index (κ2) is 4.06. The predicted molar refractivity (Wildman–Crippen MR) is 43.0 cm³/mol. The van der Waals surface area contributed by atoms with Crippen LogP contribution in [0.5, 0.6) is 0 Å². The highest BCUT2D eigenvalue weighted by atomic mass is 16.6. The van der Waals surface area contributed by atoms with Crippen LogP contribution >= 0.6 is 0 Å². The van der Waals surface area contributed by atoms with Crippen LogP contribution in [-0.4, -0.2) is 34.6 Å². The highest BCUT2D eigenvalue weighted by molar-refractivity contribution is 5.01. The summed E-state index contributed by atoms with van der Waals surface area (Å²) in [6.45, 7) is 1.37. The number of hydrogen-bond acceptors (Lipinski definition) is 4. The molecule has 1 heterocycles. The zero-order chi connectivity index (χ0) is 8.97. The summed E-state index contributed by atoms with van der Waals surface area (Å²) in [5.41, 5.74) is 0.731. The third-order valence-corrected chi connectivity index (χ3v) is 1.89. The molecular weight excluding hydrogens is 160 g/mol. The van der Waals surface area contributed by atoms with Crippen molar-refractivity contribution in [1.82, 2.24) is 4.90 Å². The molecule has 0 aromatic carbocycles. The normalized spacial score (nSPS) is 20.4. The molecule has 1 aliphatic heterocycles. The molecule has 1 N–H and O–H groups in total. The minimum atomic E-state index is -0.439. The Labute approximate surface area is 70.4 Å². The van der Waals surface area contributed by atoms with Crippen LogP contribution in [0, 0.1) is 10.1 Å². The lowest BCUT2D eigenvalue weighted by Gasteiger charge is -2.15. The molecule has 0 amide bonds.